The molecule has 2 rings (SSSR count). The Morgan fingerprint density at radius 1 is 1.29 bits per heavy atom. The predicted octanol–water partition coefficient (Wildman–Crippen LogP) is 0.942. The molecule has 0 spiro atoms. The van der Waals surface area contributed by atoms with Gasteiger partial charge < -0.3 is 14.6 Å². The molecule has 0 atom stereocenters. The monoisotopic (exact) mass is 315 g/mol. The molecule has 1 N–H and O–H groups in total. The Balaban J connectivity index is 2.40. The molecule has 1 aromatic carbocycles. The summed E-state index contributed by atoms with van der Waals surface area (Å²) < 4.78 is 36.7. The molecule has 0 bridgehead atoms. The van der Waals surface area contributed by atoms with Crippen molar-refractivity contribution in [1.29, 1.82) is 0 Å². The molecule has 0 radical (unpaired) electrons. The van der Waals surface area contributed by atoms with Crippen LogP contribution in [0.3, 0.4) is 0 Å². The Bertz CT molecular complexity index is 640. The third-order valence-electron chi connectivity index (χ3n) is 2.99. The van der Waals surface area contributed by atoms with Crippen LogP contribution in [0.1, 0.15) is 13.8 Å². The van der Waals surface area contributed by atoms with Crippen LogP contribution in [0.5, 0.6) is 11.5 Å². The van der Waals surface area contributed by atoms with Crippen LogP contribution >= 0.6 is 0 Å². The molecule has 8 heteroatoms. The van der Waals surface area contributed by atoms with E-state index < -0.39 is 28.6 Å². The molecule has 0 aromatic heterocycles. The minimum atomic E-state index is -3.91. The van der Waals surface area contributed by atoms with Crippen molar-refractivity contribution in [3.8, 4) is 11.5 Å². The van der Waals surface area contributed by atoms with Gasteiger partial charge in [-0.25, -0.2) is 8.42 Å². The Hall–Kier alpha value is -1.80. The number of nitrogens with zero attached hydrogens (tertiary/aromatic N) is 1. The van der Waals surface area contributed by atoms with E-state index in [-0.39, 0.29) is 4.90 Å². The van der Waals surface area contributed by atoms with Crippen LogP contribution in [0.25, 0.3) is 0 Å². The van der Waals surface area contributed by atoms with Gasteiger partial charge in [0.05, 0.1) is 4.90 Å². The predicted molar refractivity (Wildman–Crippen MR) is 74.1 cm³/mol. The number of aliphatic carboxylic acids is 1. The van der Waals surface area contributed by atoms with Crippen molar-refractivity contribution in [2.75, 3.05) is 19.8 Å². The summed E-state index contributed by atoms with van der Waals surface area (Å²) >= 11 is 0. The molecular formula is C13H17NO6S. The molecule has 1 aliphatic rings. The number of carboxylic acids is 1. The molecule has 0 fully saturated rings. The fourth-order valence-corrected chi connectivity index (χ4v) is 3.60. The number of rotatable bonds is 5. The van der Waals surface area contributed by atoms with E-state index in [1.165, 1.54) is 18.2 Å². The Morgan fingerprint density at radius 2 is 1.90 bits per heavy atom. The topological polar surface area (TPSA) is 93.1 Å². The van der Waals surface area contributed by atoms with Crippen molar-refractivity contribution in [1.82, 2.24) is 4.31 Å². The summed E-state index contributed by atoms with van der Waals surface area (Å²) in [6, 6.07) is 3.79. The number of hydrogen-bond acceptors (Lipinski definition) is 5. The van der Waals surface area contributed by atoms with Gasteiger partial charge in [0.1, 0.15) is 19.8 Å². The molecule has 7 nitrogen and oxygen atoms in total. The van der Waals surface area contributed by atoms with Crippen molar-refractivity contribution in [2.45, 2.75) is 24.8 Å². The number of ether oxygens (including phenoxy) is 2. The van der Waals surface area contributed by atoms with E-state index in [1.54, 1.807) is 13.8 Å². The normalized spacial score (nSPS) is 14.5. The fourth-order valence-electron chi connectivity index (χ4n) is 2.00. The van der Waals surface area contributed by atoms with Crippen LogP contribution in [0.15, 0.2) is 23.1 Å². The van der Waals surface area contributed by atoms with Gasteiger partial charge >= 0.3 is 5.97 Å². The highest BCUT2D eigenvalue weighted by molar-refractivity contribution is 7.89. The second-order valence-electron chi connectivity index (χ2n) is 4.84. The maximum atomic E-state index is 12.6. The van der Waals surface area contributed by atoms with E-state index in [9.17, 15) is 13.2 Å². The smallest absolute Gasteiger partial charge is 0.318 e. The van der Waals surface area contributed by atoms with Crippen molar-refractivity contribution in [3.05, 3.63) is 18.2 Å². The van der Waals surface area contributed by atoms with Gasteiger partial charge in [0.25, 0.3) is 0 Å². The molecule has 1 heterocycles. The van der Waals surface area contributed by atoms with Crippen molar-refractivity contribution < 1.29 is 27.8 Å². The average molecular weight is 315 g/mol. The first-order valence-corrected chi connectivity index (χ1v) is 7.89. The summed E-state index contributed by atoms with van der Waals surface area (Å²) in [4.78, 5) is 10.9. The summed E-state index contributed by atoms with van der Waals surface area (Å²) in [6.45, 7) is 3.42. The lowest BCUT2D eigenvalue weighted by molar-refractivity contribution is -0.137. The van der Waals surface area contributed by atoms with E-state index in [1.807, 2.05) is 0 Å². The third kappa shape index (κ3) is 3.27. The Kier molecular flexibility index (Phi) is 4.38. The number of hydrogen-bond donors (Lipinski definition) is 1. The zero-order valence-electron chi connectivity index (χ0n) is 11.8. The number of carboxylic acid groups (broad SMARTS) is 1. The van der Waals surface area contributed by atoms with Crippen LogP contribution in [-0.2, 0) is 14.8 Å². The lowest BCUT2D eigenvalue weighted by Gasteiger charge is -2.25. The Labute approximate surface area is 123 Å². The zero-order valence-corrected chi connectivity index (χ0v) is 12.6. The highest BCUT2D eigenvalue weighted by Gasteiger charge is 2.30. The van der Waals surface area contributed by atoms with E-state index in [2.05, 4.69) is 0 Å². The lowest BCUT2D eigenvalue weighted by atomic mass is 10.3. The largest absolute Gasteiger partial charge is 0.486 e. The highest BCUT2D eigenvalue weighted by Crippen LogP contribution is 2.33. The maximum Gasteiger partial charge on any atom is 0.318 e. The molecule has 1 aromatic rings. The summed E-state index contributed by atoms with van der Waals surface area (Å²) in [5, 5.41) is 8.88. The number of carbonyl (C=O) groups is 1. The van der Waals surface area contributed by atoms with Crippen molar-refractivity contribution in [3.63, 3.8) is 0 Å². The van der Waals surface area contributed by atoms with Gasteiger partial charge in [0.15, 0.2) is 11.5 Å². The van der Waals surface area contributed by atoms with Crippen LogP contribution in [0.2, 0.25) is 0 Å². The summed E-state index contributed by atoms with van der Waals surface area (Å²) in [7, 11) is -3.91. The molecule has 0 unspecified atom stereocenters. The molecule has 0 saturated carbocycles. The lowest BCUT2D eigenvalue weighted by Crippen LogP contribution is -2.40. The SMILES string of the molecule is CC(C)N(CC(=O)O)S(=O)(=O)c1ccc2c(c1)OCCO2. The van der Waals surface area contributed by atoms with Crippen LogP contribution in [-0.4, -0.2) is 49.6 Å². The summed E-state index contributed by atoms with van der Waals surface area (Å²) in [5.41, 5.74) is 0. The van der Waals surface area contributed by atoms with Crippen LogP contribution in [0.4, 0.5) is 0 Å². The molecule has 21 heavy (non-hydrogen) atoms. The molecular weight excluding hydrogens is 298 g/mol. The third-order valence-corrected chi connectivity index (χ3v) is 5.01. The van der Waals surface area contributed by atoms with E-state index in [4.69, 9.17) is 14.6 Å². The van der Waals surface area contributed by atoms with E-state index >= 15 is 0 Å². The minimum absolute atomic E-state index is 0.0123. The van der Waals surface area contributed by atoms with Crippen LogP contribution < -0.4 is 9.47 Å². The van der Waals surface area contributed by atoms with Crippen molar-refractivity contribution >= 4 is 16.0 Å². The molecule has 116 valence electrons. The zero-order chi connectivity index (χ0) is 15.6. The average Bonchev–Trinajstić information content (AvgIpc) is 2.43. The quantitative estimate of drug-likeness (QED) is 0.869. The van der Waals surface area contributed by atoms with Crippen molar-refractivity contribution in [2.24, 2.45) is 0 Å². The maximum absolute atomic E-state index is 12.6. The van der Waals surface area contributed by atoms with Gasteiger partial charge in [-0.3, -0.25) is 4.79 Å². The molecule has 0 aliphatic carbocycles. The van der Waals surface area contributed by atoms with E-state index in [0.717, 1.165) is 4.31 Å². The standard InChI is InChI=1S/C13H17NO6S/c1-9(2)14(8-13(15)16)21(17,18)10-3-4-11-12(7-10)20-6-5-19-11/h3-4,7,9H,5-6,8H2,1-2H3,(H,15,16). The van der Waals surface area contributed by atoms with Gasteiger partial charge in [-0.2, -0.15) is 4.31 Å². The fraction of sp³-hybridized carbons (Fsp3) is 0.462. The van der Waals surface area contributed by atoms with Gasteiger partial charge in [-0.05, 0) is 26.0 Å². The minimum Gasteiger partial charge on any atom is -0.486 e. The Morgan fingerprint density at radius 3 is 2.48 bits per heavy atom. The van der Waals surface area contributed by atoms with Gasteiger partial charge in [-0.15, -0.1) is 0 Å². The summed E-state index contributed by atoms with van der Waals surface area (Å²) in [5.74, 6) is -0.374. The first kappa shape index (κ1) is 15.6. The first-order valence-electron chi connectivity index (χ1n) is 6.45. The first-order chi connectivity index (χ1) is 9.82. The molecule has 0 amide bonds. The molecule has 1 aliphatic heterocycles. The van der Waals surface area contributed by atoms with Gasteiger partial charge in [-0.1, -0.05) is 0 Å². The number of fused-ring (bicyclic) bond motifs is 1. The van der Waals surface area contributed by atoms with Gasteiger partial charge in [0, 0.05) is 12.1 Å². The second kappa shape index (κ2) is 5.90. The second-order valence-corrected chi connectivity index (χ2v) is 6.73. The number of sulfonamides is 1. The van der Waals surface area contributed by atoms with E-state index in [0.29, 0.717) is 24.7 Å². The summed E-state index contributed by atoms with van der Waals surface area (Å²) in [6.07, 6.45) is 0. The molecule has 0 saturated heterocycles. The van der Waals surface area contributed by atoms with Crippen LogP contribution in [0, 0.1) is 0 Å². The number of benzene rings is 1. The highest BCUT2D eigenvalue weighted by atomic mass is 32.2. The van der Waals surface area contributed by atoms with Gasteiger partial charge in [0.2, 0.25) is 10.0 Å².